The van der Waals surface area contributed by atoms with E-state index in [0.717, 1.165) is 35.1 Å². The third-order valence-corrected chi connectivity index (χ3v) is 6.17. The van der Waals surface area contributed by atoms with E-state index in [0.29, 0.717) is 11.4 Å². The van der Waals surface area contributed by atoms with E-state index in [4.69, 9.17) is 0 Å². The summed E-state index contributed by atoms with van der Waals surface area (Å²) in [7, 11) is -3.53. The first-order valence-corrected chi connectivity index (χ1v) is 8.39. The van der Waals surface area contributed by atoms with Crippen molar-refractivity contribution in [2.24, 2.45) is 5.41 Å². The van der Waals surface area contributed by atoms with Gasteiger partial charge in [0.15, 0.2) is 0 Å². The van der Waals surface area contributed by atoms with Gasteiger partial charge in [-0.3, -0.25) is 0 Å². The molecule has 0 radical (unpaired) electrons. The lowest BCUT2D eigenvalue weighted by Crippen LogP contribution is -2.33. The van der Waals surface area contributed by atoms with Crippen LogP contribution in [0.3, 0.4) is 0 Å². The second kappa shape index (κ2) is 5.13. The van der Waals surface area contributed by atoms with E-state index in [9.17, 15) is 13.5 Å². The second-order valence-electron chi connectivity index (χ2n) is 6.07. The molecule has 0 bridgehead atoms. The van der Waals surface area contributed by atoms with Crippen molar-refractivity contribution in [1.82, 2.24) is 4.72 Å². The Morgan fingerprint density at radius 1 is 1.15 bits per heavy atom. The number of aliphatic hydroxyl groups is 1. The molecule has 1 aromatic rings. The van der Waals surface area contributed by atoms with Crippen molar-refractivity contribution in [2.45, 2.75) is 45.4 Å². The number of aliphatic hydroxyl groups excluding tert-OH is 1. The number of hydrogen-bond acceptors (Lipinski definition) is 3. The van der Waals surface area contributed by atoms with Crippen LogP contribution in [0.4, 0.5) is 0 Å². The number of benzene rings is 1. The van der Waals surface area contributed by atoms with E-state index < -0.39 is 10.0 Å². The molecule has 0 spiro atoms. The second-order valence-corrected chi connectivity index (χ2v) is 7.78. The van der Waals surface area contributed by atoms with Gasteiger partial charge in [-0.05, 0) is 62.8 Å². The summed E-state index contributed by atoms with van der Waals surface area (Å²) >= 11 is 0. The van der Waals surface area contributed by atoms with Crippen molar-refractivity contribution < 1.29 is 13.5 Å². The van der Waals surface area contributed by atoms with E-state index >= 15 is 0 Å². The van der Waals surface area contributed by atoms with Gasteiger partial charge in [-0.15, -0.1) is 0 Å². The third-order valence-electron chi connectivity index (χ3n) is 4.50. The van der Waals surface area contributed by atoms with Crippen molar-refractivity contribution in [2.75, 3.05) is 13.2 Å². The van der Waals surface area contributed by atoms with E-state index in [2.05, 4.69) is 4.72 Å². The fourth-order valence-corrected chi connectivity index (χ4v) is 4.24. The van der Waals surface area contributed by atoms with E-state index in [1.54, 1.807) is 0 Å². The van der Waals surface area contributed by atoms with Crippen LogP contribution in [0.2, 0.25) is 0 Å². The van der Waals surface area contributed by atoms with Gasteiger partial charge in [0.2, 0.25) is 10.0 Å². The molecule has 1 aliphatic rings. The van der Waals surface area contributed by atoms with E-state index in [-0.39, 0.29) is 12.0 Å². The van der Waals surface area contributed by atoms with Crippen LogP contribution in [0, 0.1) is 33.1 Å². The molecule has 0 atom stereocenters. The van der Waals surface area contributed by atoms with Gasteiger partial charge < -0.3 is 5.11 Å². The van der Waals surface area contributed by atoms with Crippen LogP contribution in [-0.2, 0) is 10.0 Å². The Morgan fingerprint density at radius 2 is 1.65 bits per heavy atom. The minimum atomic E-state index is -3.53. The van der Waals surface area contributed by atoms with Crippen molar-refractivity contribution in [3.63, 3.8) is 0 Å². The number of hydrogen-bond donors (Lipinski definition) is 2. The standard InChI is InChI=1S/C15H23NO3S/c1-10-7-11(2)13(4)14(12(10)3)20(18,19)16-8-15(9-17)5-6-15/h7,16-17H,5-6,8-9H2,1-4H3. The summed E-state index contributed by atoms with van der Waals surface area (Å²) in [6.07, 6.45) is 1.77. The summed E-state index contributed by atoms with van der Waals surface area (Å²) < 4.78 is 27.8. The molecule has 0 saturated heterocycles. The largest absolute Gasteiger partial charge is 0.396 e. The van der Waals surface area contributed by atoms with Gasteiger partial charge in [0.1, 0.15) is 0 Å². The Labute approximate surface area is 121 Å². The third kappa shape index (κ3) is 2.75. The zero-order valence-corrected chi connectivity index (χ0v) is 13.4. The lowest BCUT2D eigenvalue weighted by Gasteiger charge is -2.18. The summed E-state index contributed by atoms with van der Waals surface area (Å²) in [5.74, 6) is 0. The zero-order chi connectivity index (χ0) is 15.1. The van der Waals surface area contributed by atoms with E-state index in [1.807, 2.05) is 33.8 Å². The quantitative estimate of drug-likeness (QED) is 0.873. The highest BCUT2D eigenvalue weighted by atomic mass is 32.2. The molecule has 5 heteroatoms. The van der Waals surface area contributed by atoms with Crippen LogP contribution in [0.1, 0.15) is 35.1 Å². The maximum absolute atomic E-state index is 12.6. The molecular weight excluding hydrogens is 274 g/mol. The van der Waals surface area contributed by atoms with Gasteiger partial charge in [0, 0.05) is 18.6 Å². The van der Waals surface area contributed by atoms with Gasteiger partial charge in [-0.1, -0.05) is 6.07 Å². The monoisotopic (exact) mass is 297 g/mol. The Bertz CT molecular complexity index is 605. The van der Waals surface area contributed by atoms with Gasteiger partial charge in [-0.25, -0.2) is 13.1 Å². The van der Waals surface area contributed by atoms with Gasteiger partial charge >= 0.3 is 0 Å². The highest BCUT2D eigenvalue weighted by Crippen LogP contribution is 2.44. The Balaban J connectivity index is 2.35. The SMILES string of the molecule is Cc1cc(C)c(C)c(S(=O)(=O)NCC2(CO)CC2)c1C. The Hall–Kier alpha value is -0.910. The predicted octanol–water partition coefficient (Wildman–Crippen LogP) is 1.97. The fourth-order valence-electron chi connectivity index (χ4n) is 2.47. The number of nitrogens with one attached hydrogen (secondary N) is 1. The minimum Gasteiger partial charge on any atom is -0.396 e. The molecule has 1 aromatic carbocycles. The van der Waals surface area contributed by atoms with Crippen LogP contribution >= 0.6 is 0 Å². The molecule has 2 rings (SSSR count). The molecule has 0 heterocycles. The summed E-state index contributed by atoms with van der Waals surface area (Å²) in [5, 5.41) is 9.29. The minimum absolute atomic E-state index is 0.0420. The number of aryl methyl sites for hydroxylation is 2. The van der Waals surface area contributed by atoms with E-state index in [1.165, 1.54) is 0 Å². The van der Waals surface area contributed by atoms with Gasteiger partial charge in [0.05, 0.1) is 4.90 Å². The first-order chi connectivity index (χ1) is 9.22. The topological polar surface area (TPSA) is 66.4 Å². The van der Waals surface area contributed by atoms with Crippen molar-refractivity contribution in [3.8, 4) is 0 Å². The van der Waals surface area contributed by atoms with Crippen molar-refractivity contribution in [3.05, 3.63) is 28.3 Å². The fraction of sp³-hybridized carbons (Fsp3) is 0.600. The normalized spacial score (nSPS) is 17.2. The number of sulfonamides is 1. The molecule has 1 aliphatic carbocycles. The highest BCUT2D eigenvalue weighted by molar-refractivity contribution is 7.89. The molecule has 1 fully saturated rings. The lowest BCUT2D eigenvalue weighted by atomic mass is 10.0. The van der Waals surface area contributed by atoms with Crippen LogP contribution in [-0.4, -0.2) is 26.7 Å². The highest BCUT2D eigenvalue weighted by Gasteiger charge is 2.42. The molecule has 0 amide bonds. The maximum Gasteiger partial charge on any atom is 0.241 e. The Morgan fingerprint density at radius 3 is 2.05 bits per heavy atom. The molecule has 0 aliphatic heterocycles. The molecule has 112 valence electrons. The Kier molecular flexibility index (Phi) is 3.97. The summed E-state index contributed by atoms with van der Waals surface area (Å²) in [4.78, 5) is 0.392. The van der Waals surface area contributed by atoms with Crippen molar-refractivity contribution in [1.29, 1.82) is 0 Å². The maximum atomic E-state index is 12.6. The predicted molar refractivity (Wildman–Crippen MR) is 79.3 cm³/mol. The summed E-state index contributed by atoms with van der Waals surface area (Å²) in [5.41, 5.74) is 3.34. The number of rotatable bonds is 5. The van der Waals surface area contributed by atoms with Crippen LogP contribution < -0.4 is 4.72 Å². The van der Waals surface area contributed by atoms with Crippen LogP contribution in [0.5, 0.6) is 0 Å². The van der Waals surface area contributed by atoms with Gasteiger partial charge in [-0.2, -0.15) is 0 Å². The molecule has 4 nitrogen and oxygen atoms in total. The molecule has 0 aromatic heterocycles. The zero-order valence-electron chi connectivity index (χ0n) is 12.6. The molecular formula is C15H23NO3S. The smallest absolute Gasteiger partial charge is 0.241 e. The van der Waals surface area contributed by atoms with Crippen LogP contribution in [0.25, 0.3) is 0 Å². The molecule has 20 heavy (non-hydrogen) atoms. The molecule has 2 N–H and O–H groups in total. The first kappa shape index (κ1) is 15.5. The lowest BCUT2D eigenvalue weighted by molar-refractivity contribution is 0.213. The van der Waals surface area contributed by atoms with Crippen molar-refractivity contribution >= 4 is 10.0 Å². The average molecular weight is 297 g/mol. The summed E-state index contributed by atoms with van der Waals surface area (Å²) in [6.45, 7) is 7.90. The summed E-state index contributed by atoms with van der Waals surface area (Å²) in [6, 6.07) is 2.01. The first-order valence-electron chi connectivity index (χ1n) is 6.90. The molecule has 0 unspecified atom stereocenters. The van der Waals surface area contributed by atoms with Gasteiger partial charge in [0.25, 0.3) is 0 Å². The average Bonchev–Trinajstić information content (AvgIpc) is 3.15. The van der Waals surface area contributed by atoms with Crippen LogP contribution in [0.15, 0.2) is 11.0 Å². The molecule has 1 saturated carbocycles.